The van der Waals surface area contributed by atoms with Crippen molar-refractivity contribution in [1.29, 1.82) is 0 Å². The Labute approximate surface area is 134 Å². The minimum Gasteiger partial charge on any atom is -0.512 e. The molecular formula is C20H30O2. The second kappa shape index (κ2) is 4.63. The van der Waals surface area contributed by atoms with Crippen LogP contribution < -0.4 is 0 Å². The molecule has 0 aromatic carbocycles. The summed E-state index contributed by atoms with van der Waals surface area (Å²) in [7, 11) is 0. The van der Waals surface area contributed by atoms with Crippen LogP contribution in [0.5, 0.6) is 0 Å². The molecular weight excluding hydrogens is 272 g/mol. The summed E-state index contributed by atoms with van der Waals surface area (Å²) in [5.41, 5.74) is 1.75. The Bertz CT molecular complexity index is 548. The summed E-state index contributed by atoms with van der Waals surface area (Å²) >= 11 is 0. The van der Waals surface area contributed by atoms with E-state index in [9.17, 15) is 10.2 Å². The van der Waals surface area contributed by atoms with Crippen LogP contribution in [0, 0.1) is 34.5 Å². The maximum absolute atomic E-state index is 10.5. The monoisotopic (exact) mass is 302 g/mol. The van der Waals surface area contributed by atoms with Gasteiger partial charge in [0.15, 0.2) is 0 Å². The van der Waals surface area contributed by atoms with Crippen molar-refractivity contribution in [1.82, 2.24) is 0 Å². The van der Waals surface area contributed by atoms with Gasteiger partial charge in [-0.25, -0.2) is 0 Å². The number of hydrogen-bond acceptors (Lipinski definition) is 2. The van der Waals surface area contributed by atoms with Crippen LogP contribution in [0.2, 0.25) is 0 Å². The molecule has 0 unspecified atom stereocenters. The molecule has 22 heavy (non-hydrogen) atoms. The first-order valence-electron chi connectivity index (χ1n) is 9.15. The highest BCUT2D eigenvalue weighted by Gasteiger charge is 2.59. The standard InChI is InChI=1S/C20H30O2/c1-12-10-14(21)11-13-4-5-15-16-6-7-18(22)19(16,2)9-8-17(15)20(12,13)3/h4,11-12,15-18,21-22H,5-10H2,1-3H3/t12-,15-,16-,17-,18-,19-,20-/m0/s1. The van der Waals surface area contributed by atoms with Crippen molar-refractivity contribution in [2.24, 2.45) is 34.5 Å². The van der Waals surface area contributed by atoms with E-state index in [1.165, 1.54) is 24.8 Å². The molecule has 0 heterocycles. The molecule has 2 saturated carbocycles. The minimum absolute atomic E-state index is 0.0932. The third-order valence-corrected chi connectivity index (χ3v) is 8.25. The highest BCUT2D eigenvalue weighted by atomic mass is 16.3. The number of rotatable bonds is 0. The summed E-state index contributed by atoms with van der Waals surface area (Å²) < 4.78 is 0. The molecule has 0 spiro atoms. The molecule has 4 rings (SSSR count). The van der Waals surface area contributed by atoms with Gasteiger partial charge in [-0.3, -0.25) is 0 Å². The van der Waals surface area contributed by atoms with Crippen molar-refractivity contribution < 1.29 is 10.2 Å². The summed E-state index contributed by atoms with van der Waals surface area (Å²) in [6.07, 6.45) is 10.9. The topological polar surface area (TPSA) is 40.5 Å². The van der Waals surface area contributed by atoms with E-state index in [2.05, 4.69) is 26.8 Å². The lowest BCUT2D eigenvalue weighted by Crippen LogP contribution is -2.52. The van der Waals surface area contributed by atoms with E-state index in [4.69, 9.17) is 0 Å². The number of aliphatic hydroxyl groups excluding tert-OH is 2. The Morgan fingerprint density at radius 1 is 1.14 bits per heavy atom. The van der Waals surface area contributed by atoms with E-state index in [0.717, 1.165) is 31.1 Å². The number of allylic oxidation sites excluding steroid dienone is 4. The van der Waals surface area contributed by atoms with Crippen LogP contribution in [-0.4, -0.2) is 16.3 Å². The van der Waals surface area contributed by atoms with Crippen molar-refractivity contribution in [2.75, 3.05) is 0 Å². The van der Waals surface area contributed by atoms with Gasteiger partial charge >= 0.3 is 0 Å². The van der Waals surface area contributed by atoms with E-state index in [-0.39, 0.29) is 16.9 Å². The normalized spacial score (nSPS) is 53.9. The van der Waals surface area contributed by atoms with Crippen LogP contribution in [0.15, 0.2) is 23.5 Å². The van der Waals surface area contributed by atoms with E-state index in [1.54, 1.807) is 0 Å². The first-order chi connectivity index (χ1) is 10.4. The lowest BCUT2D eigenvalue weighted by molar-refractivity contribution is -0.0734. The molecule has 0 aromatic rings. The van der Waals surface area contributed by atoms with E-state index >= 15 is 0 Å². The molecule has 0 amide bonds. The molecule has 0 aromatic heterocycles. The summed E-state index contributed by atoms with van der Waals surface area (Å²) in [5.74, 6) is 3.19. The van der Waals surface area contributed by atoms with Crippen LogP contribution in [0.3, 0.4) is 0 Å². The highest BCUT2D eigenvalue weighted by molar-refractivity contribution is 5.36. The van der Waals surface area contributed by atoms with Crippen molar-refractivity contribution in [2.45, 2.75) is 65.4 Å². The molecule has 2 nitrogen and oxygen atoms in total. The average Bonchev–Trinajstić information content (AvgIpc) is 2.77. The second-order valence-corrected chi connectivity index (χ2v) is 8.93. The van der Waals surface area contributed by atoms with Crippen molar-refractivity contribution in [3.8, 4) is 0 Å². The van der Waals surface area contributed by atoms with Crippen molar-refractivity contribution in [3.05, 3.63) is 23.5 Å². The maximum atomic E-state index is 10.5. The van der Waals surface area contributed by atoms with Gasteiger partial charge in [0.1, 0.15) is 0 Å². The second-order valence-electron chi connectivity index (χ2n) is 8.93. The molecule has 2 N–H and O–H groups in total. The van der Waals surface area contributed by atoms with E-state index in [1.807, 2.05) is 6.08 Å². The SMILES string of the molecule is C[C@H]1CC(O)=CC2=CC[C@H]3[C@@H]4CC[C@H](O)[C@@]4(C)CC[C@@H]3[C@]21C. The predicted octanol–water partition coefficient (Wildman–Crippen LogP) is 4.61. The molecule has 0 aliphatic heterocycles. The molecule has 7 atom stereocenters. The number of hydrogen-bond donors (Lipinski definition) is 2. The van der Waals surface area contributed by atoms with Gasteiger partial charge in [-0.15, -0.1) is 0 Å². The number of fused-ring (bicyclic) bond motifs is 5. The van der Waals surface area contributed by atoms with Crippen molar-refractivity contribution >= 4 is 0 Å². The summed E-state index contributed by atoms with van der Waals surface area (Å²) in [6.45, 7) is 7.09. The number of aliphatic hydroxyl groups is 2. The van der Waals surface area contributed by atoms with Gasteiger partial charge in [0, 0.05) is 6.42 Å². The summed E-state index contributed by atoms with van der Waals surface area (Å²) in [5, 5.41) is 20.5. The largest absolute Gasteiger partial charge is 0.512 e. The quantitative estimate of drug-likeness (QED) is 0.686. The van der Waals surface area contributed by atoms with E-state index in [0.29, 0.717) is 17.6 Å². The Morgan fingerprint density at radius 3 is 2.68 bits per heavy atom. The third kappa shape index (κ3) is 1.71. The molecule has 0 bridgehead atoms. The Kier molecular flexibility index (Phi) is 3.11. The Morgan fingerprint density at radius 2 is 1.91 bits per heavy atom. The first-order valence-corrected chi connectivity index (χ1v) is 9.15. The maximum Gasteiger partial charge on any atom is 0.0928 e. The smallest absolute Gasteiger partial charge is 0.0928 e. The Balaban J connectivity index is 1.75. The van der Waals surface area contributed by atoms with Gasteiger partial charge in [-0.05, 0) is 78.3 Å². The zero-order valence-electron chi connectivity index (χ0n) is 14.2. The zero-order chi connectivity index (χ0) is 15.7. The van der Waals surface area contributed by atoms with Crippen LogP contribution in [0.4, 0.5) is 0 Å². The summed E-state index contributed by atoms with van der Waals surface area (Å²) in [4.78, 5) is 0. The average molecular weight is 302 g/mol. The highest BCUT2D eigenvalue weighted by Crippen LogP contribution is 2.65. The van der Waals surface area contributed by atoms with Gasteiger partial charge < -0.3 is 10.2 Å². The molecule has 4 aliphatic rings. The van der Waals surface area contributed by atoms with Crippen LogP contribution in [-0.2, 0) is 0 Å². The van der Waals surface area contributed by atoms with Gasteiger partial charge in [-0.1, -0.05) is 26.8 Å². The fraction of sp³-hybridized carbons (Fsp3) is 0.800. The summed E-state index contributed by atoms with van der Waals surface area (Å²) in [6, 6.07) is 0. The fourth-order valence-electron chi connectivity index (χ4n) is 6.66. The van der Waals surface area contributed by atoms with Gasteiger partial charge in [0.25, 0.3) is 0 Å². The van der Waals surface area contributed by atoms with Crippen LogP contribution in [0.1, 0.15) is 59.3 Å². The van der Waals surface area contributed by atoms with Gasteiger partial charge in [0.05, 0.1) is 11.9 Å². The predicted molar refractivity (Wildman–Crippen MR) is 88.4 cm³/mol. The van der Waals surface area contributed by atoms with Gasteiger partial charge in [0.2, 0.25) is 0 Å². The zero-order valence-corrected chi connectivity index (χ0v) is 14.2. The molecule has 122 valence electrons. The van der Waals surface area contributed by atoms with Crippen LogP contribution in [0.25, 0.3) is 0 Å². The van der Waals surface area contributed by atoms with Gasteiger partial charge in [-0.2, -0.15) is 0 Å². The third-order valence-electron chi connectivity index (χ3n) is 8.25. The minimum atomic E-state index is -0.0932. The van der Waals surface area contributed by atoms with Crippen molar-refractivity contribution in [3.63, 3.8) is 0 Å². The lowest BCUT2D eigenvalue weighted by Gasteiger charge is -2.58. The fourth-order valence-corrected chi connectivity index (χ4v) is 6.66. The molecule has 2 fully saturated rings. The lowest BCUT2D eigenvalue weighted by atomic mass is 9.46. The first kappa shape index (κ1) is 14.8. The molecule has 4 aliphatic carbocycles. The molecule has 0 saturated heterocycles. The molecule has 2 heteroatoms. The Hall–Kier alpha value is -0.760. The molecule has 0 radical (unpaired) electrons. The van der Waals surface area contributed by atoms with E-state index < -0.39 is 0 Å². The van der Waals surface area contributed by atoms with Crippen LogP contribution >= 0.6 is 0 Å².